The highest BCUT2D eigenvalue weighted by Gasteiger charge is 2.38. The molecule has 2 aliphatic heterocycles. The van der Waals surface area contributed by atoms with Gasteiger partial charge < -0.3 is 10.6 Å². The number of amides is 3. The number of carbonyl (C=O) groups excluding carboxylic acids is 2. The van der Waals surface area contributed by atoms with Crippen LogP contribution in [0.2, 0.25) is 0 Å². The molecule has 0 bridgehead atoms. The fourth-order valence-electron chi connectivity index (χ4n) is 2.88. The van der Waals surface area contributed by atoms with Crippen molar-refractivity contribution in [3.63, 3.8) is 0 Å². The van der Waals surface area contributed by atoms with E-state index in [4.69, 9.17) is 5.73 Å². The van der Waals surface area contributed by atoms with Gasteiger partial charge in [0.25, 0.3) is 0 Å². The summed E-state index contributed by atoms with van der Waals surface area (Å²) >= 11 is 0. The molecule has 20 heavy (non-hydrogen) atoms. The van der Waals surface area contributed by atoms with E-state index in [9.17, 15) is 9.59 Å². The zero-order chi connectivity index (χ0) is 14.1. The number of urea groups is 1. The summed E-state index contributed by atoms with van der Waals surface area (Å²) in [5, 5.41) is 0. The summed E-state index contributed by atoms with van der Waals surface area (Å²) in [4.78, 5) is 31.3. The van der Waals surface area contributed by atoms with Gasteiger partial charge in [0.1, 0.15) is 6.17 Å². The Morgan fingerprint density at radius 1 is 1.30 bits per heavy atom. The van der Waals surface area contributed by atoms with E-state index in [1.54, 1.807) is 29.4 Å². The van der Waals surface area contributed by atoms with E-state index >= 15 is 0 Å². The highest BCUT2D eigenvalue weighted by Crippen LogP contribution is 2.32. The summed E-state index contributed by atoms with van der Waals surface area (Å²) in [5.41, 5.74) is 6.88. The van der Waals surface area contributed by atoms with Crippen LogP contribution in [-0.2, 0) is 4.79 Å². The molecule has 1 atom stereocenters. The van der Waals surface area contributed by atoms with Crippen molar-refractivity contribution in [2.75, 3.05) is 6.54 Å². The number of nitrogens with zero attached hydrogens (tertiary/aromatic N) is 3. The molecule has 0 aromatic carbocycles. The Bertz CT molecular complexity index is 570. The molecule has 1 aromatic rings. The summed E-state index contributed by atoms with van der Waals surface area (Å²) in [6.45, 7) is 0.674. The van der Waals surface area contributed by atoms with Gasteiger partial charge in [-0.1, -0.05) is 0 Å². The second-order valence-electron chi connectivity index (χ2n) is 4.98. The van der Waals surface area contributed by atoms with E-state index in [1.165, 1.54) is 11.0 Å². The van der Waals surface area contributed by atoms with Crippen LogP contribution in [-0.4, -0.2) is 39.4 Å². The molecule has 0 radical (unpaired) electrons. The highest BCUT2D eigenvalue weighted by atomic mass is 16.2. The minimum absolute atomic E-state index is 0.0565. The number of aromatic nitrogens is 1. The normalized spacial score (nSPS) is 22.3. The van der Waals surface area contributed by atoms with Crippen LogP contribution in [0.1, 0.15) is 24.8 Å². The lowest BCUT2D eigenvalue weighted by atomic mass is 10.0. The molecule has 1 unspecified atom stereocenters. The molecular weight excluding hydrogens is 256 g/mol. The molecule has 0 spiro atoms. The first-order chi connectivity index (χ1) is 9.68. The third-order valence-corrected chi connectivity index (χ3v) is 3.79. The number of carbonyl (C=O) groups is 2. The van der Waals surface area contributed by atoms with Gasteiger partial charge in [-0.25, -0.2) is 4.79 Å². The van der Waals surface area contributed by atoms with Crippen molar-refractivity contribution >= 4 is 17.6 Å². The number of hydrogen-bond acceptors (Lipinski definition) is 3. The molecule has 3 rings (SSSR count). The summed E-state index contributed by atoms with van der Waals surface area (Å²) in [5.74, 6) is -0.0565. The fourth-order valence-corrected chi connectivity index (χ4v) is 2.88. The van der Waals surface area contributed by atoms with Gasteiger partial charge in [-0.05, 0) is 31.4 Å². The molecule has 6 nitrogen and oxygen atoms in total. The van der Waals surface area contributed by atoms with E-state index in [1.807, 2.05) is 0 Å². The first kappa shape index (κ1) is 12.7. The number of primary amides is 1. The maximum Gasteiger partial charge on any atom is 0.321 e. The molecule has 2 N–H and O–H groups in total. The Hall–Kier alpha value is -2.37. The Morgan fingerprint density at radius 3 is 2.75 bits per heavy atom. The molecule has 104 valence electrons. The first-order valence-corrected chi connectivity index (χ1v) is 6.70. The van der Waals surface area contributed by atoms with Crippen LogP contribution < -0.4 is 5.73 Å². The van der Waals surface area contributed by atoms with Crippen LogP contribution in [0.15, 0.2) is 30.6 Å². The van der Waals surface area contributed by atoms with E-state index in [0.29, 0.717) is 12.2 Å². The fraction of sp³-hybridized carbons (Fsp3) is 0.357. The zero-order valence-electron chi connectivity index (χ0n) is 11.0. The standard InChI is InChI=1S/C14H16N4O2/c15-14(20)18-11(10-4-6-16-7-5-10)9-13(19)17-8-2-1-3-12(17)18/h4-7,9,12H,1-3,8H2,(H2,15,20). The molecule has 1 aromatic heterocycles. The first-order valence-electron chi connectivity index (χ1n) is 6.70. The third kappa shape index (κ3) is 2.03. The van der Waals surface area contributed by atoms with E-state index in [-0.39, 0.29) is 12.1 Å². The average Bonchev–Trinajstić information content (AvgIpc) is 2.47. The maximum absolute atomic E-state index is 12.2. The topological polar surface area (TPSA) is 79.5 Å². The predicted molar refractivity (Wildman–Crippen MR) is 73.0 cm³/mol. The largest absolute Gasteiger partial charge is 0.351 e. The van der Waals surface area contributed by atoms with Crippen molar-refractivity contribution in [3.05, 3.63) is 36.2 Å². The lowest BCUT2D eigenvalue weighted by Crippen LogP contribution is -2.58. The van der Waals surface area contributed by atoms with E-state index in [2.05, 4.69) is 4.98 Å². The van der Waals surface area contributed by atoms with Crippen LogP contribution in [0.4, 0.5) is 4.79 Å². The quantitative estimate of drug-likeness (QED) is 0.833. The number of rotatable bonds is 1. The monoisotopic (exact) mass is 272 g/mol. The van der Waals surface area contributed by atoms with Gasteiger partial charge >= 0.3 is 6.03 Å². The molecule has 3 heterocycles. The van der Waals surface area contributed by atoms with Crippen molar-refractivity contribution in [3.8, 4) is 0 Å². The maximum atomic E-state index is 12.2. The second kappa shape index (κ2) is 4.96. The lowest BCUT2D eigenvalue weighted by Gasteiger charge is -2.45. The number of pyridine rings is 1. The van der Waals surface area contributed by atoms with Gasteiger partial charge in [-0.2, -0.15) is 0 Å². The molecule has 2 aliphatic rings. The van der Waals surface area contributed by atoms with Gasteiger partial charge in [-0.15, -0.1) is 0 Å². The van der Waals surface area contributed by atoms with Crippen molar-refractivity contribution in [2.24, 2.45) is 5.73 Å². The third-order valence-electron chi connectivity index (χ3n) is 3.79. The summed E-state index contributed by atoms with van der Waals surface area (Å²) < 4.78 is 0. The molecular formula is C14H16N4O2. The Kier molecular flexibility index (Phi) is 3.14. The van der Waals surface area contributed by atoms with Gasteiger partial charge in [0.05, 0.1) is 5.70 Å². The molecule has 6 heteroatoms. The number of piperidine rings is 1. The Morgan fingerprint density at radius 2 is 2.05 bits per heavy atom. The Labute approximate surface area is 116 Å². The number of hydrogen-bond donors (Lipinski definition) is 1. The van der Waals surface area contributed by atoms with Crippen molar-refractivity contribution in [1.82, 2.24) is 14.8 Å². The van der Waals surface area contributed by atoms with Gasteiger partial charge in [0.2, 0.25) is 5.91 Å². The SMILES string of the molecule is NC(=O)N1C(c2ccncc2)=CC(=O)N2CCCCC21. The second-order valence-corrected chi connectivity index (χ2v) is 4.98. The highest BCUT2D eigenvalue weighted by molar-refractivity contribution is 6.00. The van der Waals surface area contributed by atoms with Crippen molar-refractivity contribution in [1.29, 1.82) is 0 Å². The van der Waals surface area contributed by atoms with Gasteiger partial charge in [0.15, 0.2) is 0 Å². The van der Waals surface area contributed by atoms with Crippen LogP contribution >= 0.6 is 0 Å². The summed E-state index contributed by atoms with van der Waals surface area (Å²) in [6, 6.07) is 3.01. The summed E-state index contributed by atoms with van der Waals surface area (Å²) in [7, 11) is 0. The predicted octanol–water partition coefficient (Wildman–Crippen LogP) is 1.16. The van der Waals surface area contributed by atoms with E-state index < -0.39 is 6.03 Å². The molecule has 1 saturated heterocycles. The molecule has 0 saturated carbocycles. The van der Waals surface area contributed by atoms with Gasteiger partial charge in [-0.3, -0.25) is 14.7 Å². The average molecular weight is 272 g/mol. The van der Waals surface area contributed by atoms with Crippen LogP contribution in [0.5, 0.6) is 0 Å². The van der Waals surface area contributed by atoms with Crippen LogP contribution in [0, 0.1) is 0 Å². The minimum Gasteiger partial charge on any atom is -0.351 e. The zero-order valence-corrected chi connectivity index (χ0v) is 11.0. The number of nitrogens with two attached hydrogens (primary N) is 1. The van der Waals surface area contributed by atoms with Crippen molar-refractivity contribution in [2.45, 2.75) is 25.4 Å². The minimum atomic E-state index is -0.530. The van der Waals surface area contributed by atoms with Crippen molar-refractivity contribution < 1.29 is 9.59 Å². The Balaban J connectivity index is 2.06. The molecule has 3 amide bonds. The van der Waals surface area contributed by atoms with Crippen LogP contribution in [0.3, 0.4) is 0 Å². The summed E-state index contributed by atoms with van der Waals surface area (Å²) in [6.07, 6.45) is 7.20. The number of fused-ring (bicyclic) bond motifs is 1. The van der Waals surface area contributed by atoms with Gasteiger partial charge in [0, 0.05) is 30.6 Å². The molecule has 0 aliphatic carbocycles. The smallest absolute Gasteiger partial charge is 0.321 e. The lowest BCUT2D eigenvalue weighted by molar-refractivity contribution is -0.133. The van der Waals surface area contributed by atoms with E-state index in [0.717, 1.165) is 24.8 Å². The molecule has 1 fully saturated rings. The van der Waals surface area contributed by atoms with Crippen LogP contribution in [0.25, 0.3) is 5.70 Å².